The second-order valence-electron chi connectivity index (χ2n) is 5.53. The number of para-hydroxylation sites is 1. The summed E-state index contributed by atoms with van der Waals surface area (Å²) in [5.74, 6) is -0.799. The Morgan fingerprint density at radius 2 is 1.68 bits per heavy atom. The summed E-state index contributed by atoms with van der Waals surface area (Å²) >= 11 is 0. The lowest BCUT2D eigenvalue weighted by atomic mass is 10.1. The first-order valence-corrected chi connectivity index (χ1v) is 7.31. The van der Waals surface area contributed by atoms with Crippen molar-refractivity contribution in [3.63, 3.8) is 0 Å². The number of rotatable bonds is 4. The Bertz CT molecular complexity index is 822. The van der Waals surface area contributed by atoms with E-state index >= 15 is 0 Å². The molecular weight excluding hydrogens is 274 g/mol. The highest BCUT2D eigenvalue weighted by atomic mass is 16.4. The van der Waals surface area contributed by atoms with Crippen molar-refractivity contribution in [2.75, 3.05) is 0 Å². The number of pyridine rings is 1. The van der Waals surface area contributed by atoms with Gasteiger partial charge in [-0.2, -0.15) is 4.57 Å². The van der Waals surface area contributed by atoms with Crippen LogP contribution in [0.3, 0.4) is 0 Å². The van der Waals surface area contributed by atoms with E-state index in [-0.39, 0.29) is 6.42 Å². The van der Waals surface area contributed by atoms with Gasteiger partial charge in [0.05, 0.1) is 6.42 Å². The molecule has 2 aromatic carbocycles. The van der Waals surface area contributed by atoms with E-state index in [1.54, 1.807) is 0 Å². The molecule has 110 valence electrons. The summed E-state index contributed by atoms with van der Waals surface area (Å²) in [5, 5.41) is 10.1. The SMILES string of the molecule is Cc1cc[n+](Cc2ccc(CC(=O)O)cc2)c2ccccc12. The van der Waals surface area contributed by atoms with Crippen LogP contribution in [0.5, 0.6) is 0 Å². The molecule has 0 saturated heterocycles. The van der Waals surface area contributed by atoms with Gasteiger partial charge < -0.3 is 5.11 Å². The van der Waals surface area contributed by atoms with Crippen LogP contribution in [-0.4, -0.2) is 11.1 Å². The molecule has 0 atom stereocenters. The van der Waals surface area contributed by atoms with E-state index in [0.29, 0.717) is 0 Å². The number of hydrogen-bond donors (Lipinski definition) is 1. The topological polar surface area (TPSA) is 41.2 Å². The lowest BCUT2D eigenvalue weighted by Gasteiger charge is -2.05. The molecular formula is C19H18NO2+. The highest BCUT2D eigenvalue weighted by Gasteiger charge is 2.11. The highest BCUT2D eigenvalue weighted by Crippen LogP contribution is 2.14. The number of carbonyl (C=O) groups is 1. The highest BCUT2D eigenvalue weighted by molar-refractivity contribution is 5.78. The van der Waals surface area contributed by atoms with Crippen LogP contribution < -0.4 is 4.57 Å². The maximum absolute atomic E-state index is 10.7. The molecule has 0 aliphatic carbocycles. The third kappa shape index (κ3) is 2.98. The largest absolute Gasteiger partial charge is 0.481 e. The minimum Gasteiger partial charge on any atom is -0.481 e. The van der Waals surface area contributed by atoms with E-state index in [2.05, 4.69) is 42.0 Å². The fraction of sp³-hybridized carbons (Fsp3) is 0.158. The number of nitrogens with zero attached hydrogens (tertiary/aromatic N) is 1. The number of carboxylic acid groups (broad SMARTS) is 1. The number of aliphatic carboxylic acids is 1. The average Bonchev–Trinajstić information content (AvgIpc) is 2.52. The van der Waals surface area contributed by atoms with Gasteiger partial charge in [-0.3, -0.25) is 4.79 Å². The molecule has 0 aliphatic rings. The van der Waals surface area contributed by atoms with E-state index < -0.39 is 5.97 Å². The second kappa shape index (κ2) is 5.98. The van der Waals surface area contributed by atoms with Crippen molar-refractivity contribution in [3.05, 3.63) is 77.5 Å². The van der Waals surface area contributed by atoms with Gasteiger partial charge in [0.2, 0.25) is 5.52 Å². The van der Waals surface area contributed by atoms with Crippen molar-refractivity contribution in [1.82, 2.24) is 0 Å². The number of hydrogen-bond acceptors (Lipinski definition) is 1. The van der Waals surface area contributed by atoms with Crippen LogP contribution in [0.2, 0.25) is 0 Å². The summed E-state index contributed by atoms with van der Waals surface area (Å²) in [6, 6.07) is 18.3. The second-order valence-corrected chi connectivity index (χ2v) is 5.53. The fourth-order valence-electron chi connectivity index (χ4n) is 2.70. The van der Waals surface area contributed by atoms with Gasteiger partial charge in [-0.05, 0) is 24.1 Å². The van der Waals surface area contributed by atoms with E-state index in [9.17, 15) is 4.79 Å². The third-order valence-electron chi connectivity index (χ3n) is 3.87. The maximum Gasteiger partial charge on any atom is 0.307 e. The quantitative estimate of drug-likeness (QED) is 0.751. The molecule has 0 fully saturated rings. The Hall–Kier alpha value is -2.68. The predicted molar refractivity (Wildman–Crippen MR) is 85.8 cm³/mol. The van der Waals surface area contributed by atoms with Crippen molar-refractivity contribution in [1.29, 1.82) is 0 Å². The van der Waals surface area contributed by atoms with E-state index in [0.717, 1.165) is 17.7 Å². The smallest absolute Gasteiger partial charge is 0.307 e. The summed E-state index contributed by atoms with van der Waals surface area (Å²) in [4.78, 5) is 10.7. The van der Waals surface area contributed by atoms with Crippen LogP contribution in [0, 0.1) is 6.92 Å². The van der Waals surface area contributed by atoms with Crippen LogP contribution >= 0.6 is 0 Å². The molecule has 0 radical (unpaired) electrons. The molecule has 1 heterocycles. The summed E-state index contributed by atoms with van der Waals surface area (Å²) in [6.07, 6.45) is 2.17. The number of aryl methyl sites for hydroxylation is 1. The summed E-state index contributed by atoms with van der Waals surface area (Å²) in [5.41, 5.74) is 4.46. The standard InChI is InChI=1S/C19H17NO2/c1-14-10-11-20(18-5-3-2-4-17(14)18)13-16-8-6-15(7-9-16)12-19(21)22/h2-11H,12-13H2,1H3/p+1. The molecule has 0 aliphatic heterocycles. The lowest BCUT2D eigenvalue weighted by molar-refractivity contribution is -0.662. The van der Waals surface area contributed by atoms with Crippen molar-refractivity contribution in [2.24, 2.45) is 0 Å². The van der Waals surface area contributed by atoms with Crippen LogP contribution in [-0.2, 0) is 17.8 Å². The first-order valence-electron chi connectivity index (χ1n) is 7.31. The molecule has 0 bridgehead atoms. The van der Waals surface area contributed by atoms with E-state index in [1.165, 1.54) is 16.5 Å². The van der Waals surface area contributed by atoms with Crippen molar-refractivity contribution < 1.29 is 14.5 Å². The van der Waals surface area contributed by atoms with Crippen molar-refractivity contribution in [3.8, 4) is 0 Å². The van der Waals surface area contributed by atoms with Crippen molar-refractivity contribution >= 4 is 16.9 Å². The maximum atomic E-state index is 10.7. The minimum atomic E-state index is -0.799. The first-order chi connectivity index (χ1) is 10.6. The molecule has 1 N–H and O–H groups in total. The summed E-state index contributed by atoms with van der Waals surface area (Å²) in [6.45, 7) is 2.89. The van der Waals surface area contributed by atoms with Crippen LogP contribution in [0.1, 0.15) is 16.7 Å². The van der Waals surface area contributed by atoms with Gasteiger partial charge in [-0.25, -0.2) is 0 Å². The van der Waals surface area contributed by atoms with Gasteiger partial charge in [0.1, 0.15) is 0 Å². The molecule has 22 heavy (non-hydrogen) atoms. The van der Waals surface area contributed by atoms with Gasteiger partial charge in [-0.1, -0.05) is 36.4 Å². The molecule has 0 spiro atoms. The summed E-state index contributed by atoms with van der Waals surface area (Å²) in [7, 11) is 0. The summed E-state index contributed by atoms with van der Waals surface area (Å²) < 4.78 is 2.22. The van der Waals surface area contributed by atoms with Gasteiger partial charge in [0, 0.05) is 23.1 Å². The van der Waals surface area contributed by atoms with Crippen LogP contribution in [0.25, 0.3) is 10.9 Å². The number of benzene rings is 2. The van der Waals surface area contributed by atoms with Crippen LogP contribution in [0.15, 0.2) is 60.8 Å². The Labute approximate surface area is 129 Å². The number of carboxylic acids is 1. The zero-order valence-corrected chi connectivity index (χ0v) is 12.5. The Balaban J connectivity index is 1.90. The molecule has 3 nitrogen and oxygen atoms in total. The van der Waals surface area contributed by atoms with Crippen molar-refractivity contribution in [2.45, 2.75) is 19.9 Å². The molecule has 0 unspecified atom stereocenters. The fourth-order valence-corrected chi connectivity index (χ4v) is 2.70. The lowest BCUT2D eigenvalue weighted by Crippen LogP contribution is -2.34. The molecule has 3 aromatic rings. The Morgan fingerprint density at radius 3 is 2.41 bits per heavy atom. The molecule has 0 amide bonds. The Kier molecular flexibility index (Phi) is 3.88. The monoisotopic (exact) mass is 292 g/mol. The predicted octanol–water partition coefficient (Wildman–Crippen LogP) is 3.11. The molecule has 3 heteroatoms. The molecule has 0 saturated carbocycles. The van der Waals surface area contributed by atoms with Crippen LogP contribution in [0.4, 0.5) is 0 Å². The Morgan fingerprint density at radius 1 is 1.00 bits per heavy atom. The molecule has 1 aromatic heterocycles. The van der Waals surface area contributed by atoms with E-state index in [1.807, 2.05) is 30.3 Å². The normalized spacial score (nSPS) is 10.8. The van der Waals surface area contributed by atoms with Gasteiger partial charge in [0.25, 0.3) is 0 Å². The van der Waals surface area contributed by atoms with Gasteiger partial charge >= 0.3 is 5.97 Å². The van der Waals surface area contributed by atoms with Gasteiger partial charge in [0.15, 0.2) is 12.7 Å². The number of fused-ring (bicyclic) bond motifs is 1. The number of aromatic nitrogens is 1. The average molecular weight is 292 g/mol. The first kappa shape index (κ1) is 14.3. The zero-order valence-electron chi connectivity index (χ0n) is 12.5. The zero-order chi connectivity index (χ0) is 15.5. The minimum absolute atomic E-state index is 0.0703. The van der Waals surface area contributed by atoms with Gasteiger partial charge in [-0.15, -0.1) is 0 Å². The van der Waals surface area contributed by atoms with E-state index in [4.69, 9.17) is 5.11 Å². The molecule has 3 rings (SSSR count). The third-order valence-corrected chi connectivity index (χ3v) is 3.87.